The maximum Gasteiger partial charge on any atom is 0.229 e. The van der Waals surface area contributed by atoms with Gasteiger partial charge in [-0.1, -0.05) is 12.1 Å². The molecule has 4 rings (SSSR count). The third-order valence-electron chi connectivity index (χ3n) is 4.62. The Labute approximate surface area is 158 Å². The molecule has 0 aliphatic carbocycles. The van der Waals surface area contributed by atoms with E-state index in [1.165, 1.54) is 18.2 Å². The smallest absolute Gasteiger partial charge is 0.229 e. The second-order valence-corrected chi connectivity index (χ2v) is 6.54. The van der Waals surface area contributed by atoms with Gasteiger partial charge >= 0.3 is 0 Å². The van der Waals surface area contributed by atoms with Crippen molar-refractivity contribution in [3.05, 3.63) is 59.0 Å². The molecule has 1 aromatic heterocycles. The van der Waals surface area contributed by atoms with Crippen LogP contribution in [-0.4, -0.2) is 29.3 Å². The Bertz CT molecular complexity index is 1070. The number of rotatable bonds is 4. The van der Waals surface area contributed by atoms with Crippen molar-refractivity contribution in [1.82, 2.24) is 10.2 Å². The lowest BCUT2D eigenvalue weighted by atomic mass is 10.1. The van der Waals surface area contributed by atoms with E-state index >= 15 is 0 Å². The second-order valence-electron chi connectivity index (χ2n) is 6.54. The molecule has 0 bridgehead atoms. The molecule has 1 aliphatic heterocycles. The van der Waals surface area contributed by atoms with Gasteiger partial charge in [0.25, 0.3) is 0 Å². The zero-order valence-corrected chi connectivity index (χ0v) is 14.6. The fraction of sp³-hybridized carbons (Fsp3) is 0.200. The molecule has 2 heterocycles. The number of fused-ring (bicyclic) bond motifs is 1. The SMILES string of the molecule is O=C(Nc1cc2c(C=Cc3ccc(F)c(F)c3)n[nH]c2cc1F)C1CCOC1. The van der Waals surface area contributed by atoms with Crippen molar-refractivity contribution in [2.75, 3.05) is 18.5 Å². The monoisotopic (exact) mass is 387 g/mol. The zero-order chi connectivity index (χ0) is 19.7. The number of anilines is 1. The van der Waals surface area contributed by atoms with Crippen LogP contribution in [0.3, 0.4) is 0 Å². The molecule has 1 amide bonds. The van der Waals surface area contributed by atoms with Gasteiger partial charge in [-0.2, -0.15) is 5.10 Å². The minimum Gasteiger partial charge on any atom is -0.381 e. The summed E-state index contributed by atoms with van der Waals surface area (Å²) in [5, 5.41) is 10.0. The van der Waals surface area contributed by atoms with Crippen molar-refractivity contribution in [1.29, 1.82) is 0 Å². The van der Waals surface area contributed by atoms with Gasteiger partial charge in [0.1, 0.15) is 5.82 Å². The summed E-state index contributed by atoms with van der Waals surface area (Å²) in [5.41, 5.74) is 1.42. The molecule has 3 aromatic rings. The molecular weight excluding hydrogens is 371 g/mol. The second kappa shape index (κ2) is 7.47. The third kappa shape index (κ3) is 3.63. The fourth-order valence-corrected chi connectivity index (χ4v) is 3.05. The quantitative estimate of drug-likeness (QED) is 0.708. The highest BCUT2D eigenvalue weighted by Gasteiger charge is 2.24. The van der Waals surface area contributed by atoms with E-state index in [4.69, 9.17) is 4.74 Å². The number of H-pyrrole nitrogens is 1. The van der Waals surface area contributed by atoms with Crippen LogP contribution in [0.1, 0.15) is 17.7 Å². The maximum absolute atomic E-state index is 14.3. The van der Waals surface area contributed by atoms with Gasteiger partial charge in [-0.3, -0.25) is 9.89 Å². The predicted molar refractivity (Wildman–Crippen MR) is 98.9 cm³/mol. The number of ether oxygens (including phenoxy) is 1. The van der Waals surface area contributed by atoms with Crippen molar-refractivity contribution in [2.45, 2.75) is 6.42 Å². The minimum absolute atomic E-state index is 0.0493. The minimum atomic E-state index is -0.947. The van der Waals surface area contributed by atoms with Crippen LogP contribution in [0.2, 0.25) is 0 Å². The Balaban J connectivity index is 1.61. The molecule has 0 saturated carbocycles. The molecule has 1 fully saturated rings. The number of hydrogen-bond donors (Lipinski definition) is 2. The number of halogens is 3. The highest BCUT2D eigenvalue weighted by molar-refractivity contribution is 5.97. The summed E-state index contributed by atoms with van der Waals surface area (Å²) in [6.45, 7) is 0.837. The van der Waals surface area contributed by atoms with Crippen molar-refractivity contribution in [3.63, 3.8) is 0 Å². The molecule has 1 saturated heterocycles. The summed E-state index contributed by atoms with van der Waals surface area (Å²) in [6.07, 6.45) is 3.76. The van der Waals surface area contributed by atoms with Gasteiger partial charge in [0.15, 0.2) is 11.6 Å². The van der Waals surface area contributed by atoms with E-state index in [-0.39, 0.29) is 17.5 Å². The Morgan fingerprint density at radius 2 is 2.00 bits per heavy atom. The van der Waals surface area contributed by atoms with Crippen molar-refractivity contribution in [2.24, 2.45) is 5.92 Å². The Hall–Kier alpha value is -3.13. The number of benzene rings is 2. The molecule has 2 N–H and O–H groups in total. The summed E-state index contributed by atoms with van der Waals surface area (Å²) < 4.78 is 45.9. The van der Waals surface area contributed by atoms with Crippen molar-refractivity contribution >= 4 is 34.6 Å². The standard InChI is InChI=1S/C20H16F3N3O2/c21-14-3-1-11(7-15(14)22)2-4-17-13-8-19(16(23)9-18(13)26-25-17)24-20(27)12-5-6-28-10-12/h1-4,7-9,12H,5-6,10H2,(H,24,27)(H,25,26). The number of nitrogens with one attached hydrogen (secondary N) is 2. The molecule has 2 aromatic carbocycles. The first-order chi connectivity index (χ1) is 13.5. The largest absolute Gasteiger partial charge is 0.381 e. The molecular formula is C20H16F3N3O2. The Morgan fingerprint density at radius 3 is 2.75 bits per heavy atom. The van der Waals surface area contributed by atoms with Gasteiger partial charge in [0.05, 0.1) is 29.4 Å². The first-order valence-electron chi connectivity index (χ1n) is 8.70. The summed E-state index contributed by atoms with van der Waals surface area (Å²) >= 11 is 0. The molecule has 5 nitrogen and oxygen atoms in total. The van der Waals surface area contributed by atoms with Crippen LogP contribution in [0, 0.1) is 23.4 Å². The van der Waals surface area contributed by atoms with E-state index in [2.05, 4.69) is 15.5 Å². The summed E-state index contributed by atoms with van der Waals surface area (Å²) in [7, 11) is 0. The molecule has 1 aliphatic rings. The zero-order valence-electron chi connectivity index (χ0n) is 14.6. The molecule has 144 valence electrons. The highest BCUT2D eigenvalue weighted by atomic mass is 19.2. The van der Waals surface area contributed by atoms with Gasteiger partial charge in [-0.05, 0) is 36.3 Å². The Morgan fingerprint density at radius 1 is 1.14 bits per heavy atom. The van der Waals surface area contributed by atoms with Crippen molar-refractivity contribution in [3.8, 4) is 0 Å². The number of carbonyl (C=O) groups is 1. The molecule has 28 heavy (non-hydrogen) atoms. The lowest BCUT2D eigenvalue weighted by Crippen LogP contribution is -2.23. The van der Waals surface area contributed by atoms with Gasteiger partial charge in [-0.15, -0.1) is 0 Å². The van der Waals surface area contributed by atoms with Gasteiger partial charge in [-0.25, -0.2) is 13.2 Å². The van der Waals surface area contributed by atoms with Gasteiger partial charge in [0.2, 0.25) is 5.91 Å². The lowest BCUT2D eigenvalue weighted by Gasteiger charge is -2.10. The van der Waals surface area contributed by atoms with E-state index in [1.54, 1.807) is 12.2 Å². The summed E-state index contributed by atoms with van der Waals surface area (Å²) in [5.74, 6) is -3.05. The number of hydrogen-bond acceptors (Lipinski definition) is 3. The third-order valence-corrected chi connectivity index (χ3v) is 4.62. The predicted octanol–water partition coefficient (Wildman–Crippen LogP) is 4.13. The molecule has 1 atom stereocenters. The Kier molecular flexibility index (Phi) is 4.87. The van der Waals surface area contributed by atoms with Gasteiger partial charge < -0.3 is 10.1 Å². The highest BCUT2D eigenvalue weighted by Crippen LogP contribution is 2.26. The molecule has 1 unspecified atom stereocenters. The number of nitrogens with zero attached hydrogens (tertiary/aromatic N) is 1. The van der Waals surface area contributed by atoms with Crippen LogP contribution < -0.4 is 5.32 Å². The van der Waals surface area contributed by atoms with Gasteiger partial charge in [0, 0.05) is 18.1 Å². The molecule has 0 spiro atoms. The van der Waals surface area contributed by atoms with Crippen LogP contribution in [0.15, 0.2) is 30.3 Å². The van der Waals surface area contributed by atoms with E-state index < -0.39 is 17.5 Å². The number of amides is 1. The summed E-state index contributed by atoms with van der Waals surface area (Å²) in [4.78, 5) is 12.2. The van der Waals surface area contributed by atoms with Crippen LogP contribution >= 0.6 is 0 Å². The molecule has 8 heteroatoms. The topological polar surface area (TPSA) is 67.0 Å². The fourth-order valence-electron chi connectivity index (χ4n) is 3.05. The van der Waals surface area contributed by atoms with Crippen LogP contribution in [0.25, 0.3) is 23.1 Å². The van der Waals surface area contributed by atoms with Crippen LogP contribution in [-0.2, 0) is 9.53 Å². The normalized spacial score (nSPS) is 16.9. The average molecular weight is 387 g/mol. The average Bonchev–Trinajstić information content (AvgIpc) is 3.33. The van der Waals surface area contributed by atoms with E-state index in [0.29, 0.717) is 41.8 Å². The van der Waals surface area contributed by atoms with E-state index in [1.807, 2.05) is 0 Å². The van der Waals surface area contributed by atoms with Crippen LogP contribution in [0.5, 0.6) is 0 Å². The number of aromatic amines is 1. The van der Waals surface area contributed by atoms with Crippen LogP contribution in [0.4, 0.5) is 18.9 Å². The van der Waals surface area contributed by atoms with E-state index in [0.717, 1.165) is 12.1 Å². The maximum atomic E-state index is 14.3. The summed E-state index contributed by atoms with van der Waals surface area (Å²) in [6, 6.07) is 6.27. The molecule has 0 radical (unpaired) electrons. The van der Waals surface area contributed by atoms with Crippen molar-refractivity contribution < 1.29 is 22.7 Å². The van der Waals surface area contributed by atoms with E-state index in [9.17, 15) is 18.0 Å². The number of carbonyl (C=O) groups excluding carboxylic acids is 1. The number of aromatic nitrogens is 2. The lowest BCUT2D eigenvalue weighted by molar-refractivity contribution is -0.119. The first kappa shape index (κ1) is 18.2. The first-order valence-corrected chi connectivity index (χ1v) is 8.70.